The predicted molar refractivity (Wildman–Crippen MR) is 61.5 cm³/mol. The van der Waals surface area contributed by atoms with E-state index in [2.05, 4.69) is 5.32 Å². The molecule has 2 rings (SSSR count). The van der Waals surface area contributed by atoms with Crippen LogP contribution in [-0.4, -0.2) is 17.3 Å². The van der Waals surface area contributed by atoms with Crippen LogP contribution < -0.4 is 5.32 Å². The summed E-state index contributed by atoms with van der Waals surface area (Å²) in [5, 5.41) is 13.0. The van der Waals surface area contributed by atoms with Crippen molar-refractivity contribution >= 4 is 0 Å². The van der Waals surface area contributed by atoms with E-state index in [1.165, 1.54) is 18.2 Å². The van der Waals surface area contributed by atoms with Gasteiger partial charge < -0.3 is 10.4 Å². The van der Waals surface area contributed by atoms with Crippen molar-refractivity contribution in [2.45, 2.75) is 37.8 Å². The molecule has 0 bridgehead atoms. The van der Waals surface area contributed by atoms with Crippen molar-refractivity contribution in [3.63, 3.8) is 0 Å². The summed E-state index contributed by atoms with van der Waals surface area (Å²) in [6, 6.07) is 3.83. The van der Waals surface area contributed by atoms with E-state index in [0.717, 1.165) is 25.7 Å². The predicted octanol–water partition coefficient (Wildman–Crippen LogP) is 2.36. The summed E-state index contributed by atoms with van der Waals surface area (Å²) in [5.74, 6) is -1.09. The maximum absolute atomic E-state index is 13.3. The Kier molecular flexibility index (Phi) is 3.74. The number of halogens is 2. The zero-order valence-corrected chi connectivity index (χ0v) is 9.68. The first kappa shape index (κ1) is 12.5. The van der Waals surface area contributed by atoms with E-state index in [1.54, 1.807) is 0 Å². The van der Waals surface area contributed by atoms with Gasteiger partial charge in [-0.15, -0.1) is 0 Å². The third kappa shape index (κ3) is 3.01. The molecule has 1 fully saturated rings. The quantitative estimate of drug-likeness (QED) is 0.848. The summed E-state index contributed by atoms with van der Waals surface area (Å²) in [7, 11) is 0. The van der Waals surface area contributed by atoms with Gasteiger partial charge in [0.15, 0.2) is 0 Å². The zero-order valence-electron chi connectivity index (χ0n) is 9.68. The summed E-state index contributed by atoms with van der Waals surface area (Å²) in [6.45, 7) is 0.502. The third-order valence-electron chi connectivity index (χ3n) is 3.35. The van der Waals surface area contributed by atoms with Crippen LogP contribution >= 0.6 is 0 Å². The molecule has 1 aliphatic rings. The van der Waals surface area contributed by atoms with E-state index in [4.69, 9.17) is 0 Å². The Labute approximate surface area is 99.7 Å². The SMILES string of the molecule is OC1(CNCc2c(F)cccc2F)CCCC1. The highest BCUT2D eigenvalue weighted by Crippen LogP contribution is 2.28. The molecule has 0 aromatic heterocycles. The molecule has 0 spiro atoms. The van der Waals surface area contributed by atoms with E-state index in [1.807, 2.05) is 0 Å². The molecule has 0 aliphatic heterocycles. The summed E-state index contributed by atoms with van der Waals surface area (Å²) in [4.78, 5) is 0. The average molecular weight is 241 g/mol. The summed E-state index contributed by atoms with van der Waals surface area (Å²) < 4.78 is 26.6. The molecule has 0 heterocycles. The smallest absolute Gasteiger partial charge is 0.130 e. The Morgan fingerprint density at radius 2 is 1.76 bits per heavy atom. The fraction of sp³-hybridized carbons (Fsp3) is 0.538. The molecule has 0 radical (unpaired) electrons. The van der Waals surface area contributed by atoms with E-state index in [0.29, 0.717) is 6.54 Å². The van der Waals surface area contributed by atoms with Crippen LogP contribution in [0.25, 0.3) is 0 Å². The minimum Gasteiger partial charge on any atom is -0.389 e. The molecule has 17 heavy (non-hydrogen) atoms. The summed E-state index contributed by atoms with van der Waals surface area (Å²) in [5.41, 5.74) is -0.657. The molecule has 2 nitrogen and oxygen atoms in total. The second-order valence-corrected chi connectivity index (χ2v) is 4.74. The molecule has 94 valence electrons. The van der Waals surface area contributed by atoms with Crippen LogP contribution in [0.2, 0.25) is 0 Å². The minimum atomic E-state index is -0.693. The van der Waals surface area contributed by atoms with E-state index < -0.39 is 17.2 Å². The fourth-order valence-corrected chi connectivity index (χ4v) is 2.33. The van der Waals surface area contributed by atoms with E-state index >= 15 is 0 Å². The van der Waals surface area contributed by atoms with Gasteiger partial charge in [0.2, 0.25) is 0 Å². The van der Waals surface area contributed by atoms with Crippen LogP contribution in [0.4, 0.5) is 8.78 Å². The van der Waals surface area contributed by atoms with E-state index in [-0.39, 0.29) is 12.1 Å². The molecule has 1 saturated carbocycles. The number of hydrogen-bond donors (Lipinski definition) is 2. The van der Waals surface area contributed by atoms with Gasteiger partial charge in [-0.25, -0.2) is 8.78 Å². The highest BCUT2D eigenvalue weighted by Gasteiger charge is 2.30. The highest BCUT2D eigenvalue weighted by molar-refractivity contribution is 5.19. The number of nitrogens with one attached hydrogen (secondary N) is 1. The van der Waals surface area contributed by atoms with Gasteiger partial charge in [-0.1, -0.05) is 18.9 Å². The van der Waals surface area contributed by atoms with Crippen molar-refractivity contribution in [1.29, 1.82) is 0 Å². The van der Waals surface area contributed by atoms with Crippen LogP contribution in [-0.2, 0) is 6.54 Å². The van der Waals surface area contributed by atoms with Crippen molar-refractivity contribution in [3.8, 4) is 0 Å². The second kappa shape index (κ2) is 5.10. The molecule has 1 aromatic rings. The lowest BCUT2D eigenvalue weighted by molar-refractivity contribution is 0.0473. The van der Waals surface area contributed by atoms with Crippen molar-refractivity contribution in [1.82, 2.24) is 5.32 Å². The Morgan fingerprint density at radius 1 is 1.18 bits per heavy atom. The van der Waals surface area contributed by atoms with Crippen molar-refractivity contribution in [2.75, 3.05) is 6.54 Å². The lowest BCUT2D eigenvalue weighted by Crippen LogP contribution is -2.37. The van der Waals surface area contributed by atoms with Gasteiger partial charge in [-0.3, -0.25) is 0 Å². The first-order chi connectivity index (χ1) is 8.11. The molecule has 0 atom stereocenters. The van der Waals surface area contributed by atoms with E-state index in [9.17, 15) is 13.9 Å². The first-order valence-corrected chi connectivity index (χ1v) is 5.97. The van der Waals surface area contributed by atoms with Crippen LogP contribution in [0.1, 0.15) is 31.2 Å². The van der Waals surface area contributed by atoms with Crippen molar-refractivity contribution in [2.24, 2.45) is 0 Å². The molecule has 1 aromatic carbocycles. The summed E-state index contributed by atoms with van der Waals surface area (Å²) in [6.07, 6.45) is 3.57. The van der Waals surface area contributed by atoms with Gasteiger partial charge in [0.1, 0.15) is 11.6 Å². The van der Waals surface area contributed by atoms with Gasteiger partial charge in [0.25, 0.3) is 0 Å². The molecule has 1 aliphatic carbocycles. The molecular formula is C13H17F2NO. The van der Waals surface area contributed by atoms with Crippen LogP contribution in [0.3, 0.4) is 0 Å². The summed E-state index contributed by atoms with van der Waals surface area (Å²) >= 11 is 0. The topological polar surface area (TPSA) is 32.3 Å². The number of aliphatic hydroxyl groups is 1. The van der Waals surface area contributed by atoms with Crippen molar-refractivity contribution in [3.05, 3.63) is 35.4 Å². The monoisotopic (exact) mass is 241 g/mol. The van der Waals surface area contributed by atoms with Gasteiger partial charge in [0.05, 0.1) is 5.60 Å². The first-order valence-electron chi connectivity index (χ1n) is 5.97. The van der Waals surface area contributed by atoms with Crippen LogP contribution in [0.5, 0.6) is 0 Å². The molecular weight excluding hydrogens is 224 g/mol. The lowest BCUT2D eigenvalue weighted by atomic mass is 10.0. The van der Waals surface area contributed by atoms with Gasteiger partial charge in [-0.2, -0.15) is 0 Å². The minimum absolute atomic E-state index is 0.0362. The maximum Gasteiger partial charge on any atom is 0.130 e. The largest absolute Gasteiger partial charge is 0.389 e. The maximum atomic E-state index is 13.3. The normalized spacial score (nSPS) is 18.5. The van der Waals surface area contributed by atoms with Gasteiger partial charge in [0, 0.05) is 18.7 Å². The Bertz CT molecular complexity index is 369. The number of benzene rings is 1. The Hall–Kier alpha value is -1.00. The van der Waals surface area contributed by atoms with Crippen LogP contribution in [0.15, 0.2) is 18.2 Å². The average Bonchev–Trinajstić information content (AvgIpc) is 2.70. The van der Waals surface area contributed by atoms with Crippen molar-refractivity contribution < 1.29 is 13.9 Å². The Morgan fingerprint density at radius 3 is 2.35 bits per heavy atom. The van der Waals surface area contributed by atoms with Gasteiger partial charge in [-0.05, 0) is 25.0 Å². The third-order valence-corrected chi connectivity index (χ3v) is 3.35. The number of hydrogen-bond acceptors (Lipinski definition) is 2. The Balaban J connectivity index is 1.90. The standard InChI is InChI=1S/C13H17F2NO/c14-11-4-3-5-12(15)10(11)8-16-9-13(17)6-1-2-7-13/h3-5,16-17H,1-2,6-9H2. The number of rotatable bonds is 4. The fourth-order valence-electron chi connectivity index (χ4n) is 2.33. The molecule has 0 unspecified atom stereocenters. The highest BCUT2D eigenvalue weighted by atomic mass is 19.1. The van der Waals surface area contributed by atoms with Gasteiger partial charge >= 0.3 is 0 Å². The second-order valence-electron chi connectivity index (χ2n) is 4.74. The molecule has 0 saturated heterocycles. The molecule has 2 N–H and O–H groups in total. The lowest BCUT2D eigenvalue weighted by Gasteiger charge is -2.22. The molecule has 0 amide bonds. The molecule has 4 heteroatoms. The van der Waals surface area contributed by atoms with Crippen LogP contribution in [0, 0.1) is 11.6 Å². The zero-order chi connectivity index (χ0) is 12.3.